The summed E-state index contributed by atoms with van der Waals surface area (Å²) in [4.78, 5) is 32.8. The van der Waals surface area contributed by atoms with E-state index < -0.39 is 6.04 Å². The third-order valence-corrected chi connectivity index (χ3v) is 3.26. The van der Waals surface area contributed by atoms with Gasteiger partial charge in [0.1, 0.15) is 23.5 Å². The zero-order valence-electron chi connectivity index (χ0n) is 11.2. The van der Waals surface area contributed by atoms with Gasteiger partial charge in [-0.1, -0.05) is 0 Å². The number of nitrogens with two attached hydrogens (primary N) is 1. The summed E-state index contributed by atoms with van der Waals surface area (Å²) in [6.07, 6.45) is 0.808. The van der Waals surface area contributed by atoms with Gasteiger partial charge in [0.05, 0.1) is 0 Å². The standard InChI is InChI=1S/C12H17N5O2/c1-6-10(13)14-7(2)15-11(6)16-8-4-5-9(18)17(3)12(8)19/h8H,4-5H2,1-3H3,(H3,13,14,15,16). The van der Waals surface area contributed by atoms with Crippen LogP contribution in [-0.2, 0) is 9.59 Å². The molecule has 1 saturated heterocycles. The summed E-state index contributed by atoms with van der Waals surface area (Å²) in [6.45, 7) is 3.53. The molecule has 0 aliphatic carbocycles. The normalized spacial score (nSPS) is 19.7. The fourth-order valence-corrected chi connectivity index (χ4v) is 2.01. The first-order valence-electron chi connectivity index (χ1n) is 6.07. The van der Waals surface area contributed by atoms with Crippen LogP contribution < -0.4 is 11.1 Å². The molecule has 2 heterocycles. The second kappa shape index (κ2) is 4.83. The number of nitrogens with one attached hydrogen (secondary N) is 1. The molecule has 1 unspecified atom stereocenters. The van der Waals surface area contributed by atoms with Crippen LogP contribution in [0.2, 0.25) is 0 Å². The van der Waals surface area contributed by atoms with Crippen molar-refractivity contribution in [1.82, 2.24) is 14.9 Å². The van der Waals surface area contributed by atoms with Crippen molar-refractivity contribution in [3.8, 4) is 0 Å². The van der Waals surface area contributed by atoms with E-state index in [1.54, 1.807) is 13.8 Å². The van der Waals surface area contributed by atoms with Crippen molar-refractivity contribution in [2.75, 3.05) is 18.1 Å². The first-order valence-corrected chi connectivity index (χ1v) is 6.07. The molecule has 1 aliphatic heterocycles. The van der Waals surface area contributed by atoms with Gasteiger partial charge in [0, 0.05) is 19.0 Å². The van der Waals surface area contributed by atoms with Gasteiger partial charge >= 0.3 is 0 Å². The number of hydrogen-bond acceptors (Lipinski definition) is 6. The average Bonchev–Trinajstić information content (AvgIpc) is 2.36. The van der Waals surface area contributed by atoms with Crippen molar-refractivity contribution < 1.29 is 9.59 Å². The van der Waals surface area contributed by atoms with E-state index in [2.05, 4.69) is 15.3 Å². The van der Waals surface area contributed by atoms with Gasteiger partial charge in [0.2, 0.25) is 5.91 Å². The van der Waals surface area contributed by atoms with Crippen LogP contribution in [0.25, 0.3) is 0 Å². The molecule has 2 amide bonds. The highest BCUT2D eigenvalue weighted by molar-refractivity contribution is 6.01. The summed E-state index contributed by atoms with van der Waals surface area (Å²) in [6, 6.07) is -0.449. The van der Waals surface area contributed by atoms with E-state index in [0.717, 1.165) is 4.90 Å². The van der Waals surface area contributed by atoms with Crippen LogP contribution >= 0.6 is 0 Å². The number of rotatable bonds is 2. The van der Waals surface area contributed by atoms with E-state index in [-0.39, 0.29) is 11.8 Å². The van der Waals surface area contributed by atoms with Gasteiger partial charge in [-0.05, 0) is 20.3 Å². The zero-order chi connectivity index (χ0) is 14.2. The van der Waals surface area contributed by atoms with Crippen LogP contribution in [-0.4, -0.2) is 39.8 Å². The smallest absolute Gasteiger partial charge is 0.251 e. The summed E-state index contributed by atoms with van der Waals surface area (Å²) in [5.41, 5.74) is 6.48. The fraction of sp³-hybridized carbons (Fsp3) is 0.500. The van der Waals surface area contributed by atoms with Crippen LogP contribution in [0.1, 0.15) is 24.2 Å². The largest absolute Gasteiger partial charge is 0.383 e. The highest BCUT2D eigenvalue weighted by atomic mass is 16.2. The van der Waals surface area contributed by atoms with Crippen molar-refractivity contribution >= 4 is 23.5 Å². The Bertz CT molecular complexity index is 543. The summed E-state index contributed by atoms with van der Waals surface area (Å²) in [5.74, 6) is 1.08. The van der Waals surface area contributed by atoms with Crippen LogP contribution in [0.15, 0.2) is 0 Å². The summed E-state index contributed by atoms with van der Waals surface area (Å²) < 4.78 is 0. The maximum Gasteiger partial charge on any atom is 0.251 e. The second-order valence-electron chi connectivity index (χ2n) is 4.66. The van der Waals surface area contributed by atoms with Crippen molar-refractivity contribution in [2.24, 2.45) is 0 Å². The molecule has 1 aromatic heterocycles. The first-order chi connectivity index (χ1) is 8.90. The molecule has 0 spiro atoms. The number of imide groups is 1. The lowest BCUT2D eigenvalue weighted by atomic mass is 10.0. The van der Waals surface area contributed by atoms with Gasteiger partial charge in [-0.2, -0.15) is 0 Å². The molecule has 1 atom stereocenters. The molecule has 7 nitrogen and oxygen atoms in total. The number of hydrogen-bond donors (Lipinski definition) is 2. The van der Waals surface area contributed by atoms with Crippen LogP contribution in [0.3, 0.4) is 0 Å². The lowest BCUT2D eigenvalue weighted by Gasteiger charge is -2.29. The lowest BCUT2D eigenvalue weighted by molar-refractivity contribution is -0.146. The monoisotopic (exact) mass is 263 g/mol. The van der Waals surface area contributed by atoms with Gasteiger partial charge in [-0.15, -0.1) is 0 Å². The Morgan fingerprint density at radius 1 is 1.32 bits per heavy atom. The van der Waals surface area contributed by atoms with Gasteiger partial charge in [0.15, 0.2) is 0 Å². The Morgan fingerprint density at radius 3 is 2.68 bits per heavy atom. The first kappa shape index (κ1) is 13.3. The second-order valence-corrected chi connectivity index (χ2v) is 4.66. The third-order valence-electron chi connectivity index (χ3n) is 3.26. The molecule has 102 valence electrons. The Balaban J connectivity index is 2.22. The highest BCUT2D eigenvalue weighted by Crippen LogP contribution is 2.21. The summed E-state index contributed by atoms with van der Waals surface area (Å²) >= 11 is 0. The minimum atomic E-state index is -0.449. The van der Waals surface area contributed by atoms with Gasteiger partial charge in [-0.25, -0.2) is 9.97 Å². The van der Waals surface area contributed by atoms with Gasteiger partial charge in [0.25, 0.3) is 5.91 Å². The van der Waals surface area contributed by atoms with Crippen LogP contribution in [0.4, 0.5) is 11.6 Å². The lowest BCUT2D eigenvalue weighted by Crippen LogP contribution is -2.48. The predicted molar refractivity (Wildman–Crippen MR) is 70.3 cm³/mol. The topological polar surface area (TPSA) is 101 Å². The molecule has 3 N–H and O–H groups in total. The number of nitrogens with zero attached hydrogens (tertiary/aromatic N) is 3. The molecule has 7 heteroatoms. The molecular weight excluding hydrogens is 246 g/mol. The van der Waals surface area contributed by atoms with E-state index in [1.807, 2.05) is 0 Å². The third kappa shape index (κ3) is 2.49. The minimum Gasteiger partial charge on any atom is -0.383 e. The number of amides is 2. The molecule has 0 aromatic carbocycles. The Hall–Kier alpha value is -2.18. The van der Waals surface area contributed by atoms with Gasteiger partial charge in [-0.3, -0.25) is 14.5 Å². The van der Waals surface area contributed by atoms with E-state index >= 15 is 0 Å². The Kier molecular flexibility index (Phi) is 3.37. The minimum absolute atomic E-state index is 0.154. The quantitative estimate of drug-likeness (QED) is 0.741. The van der Waals surface area contributed by atoms with E-state index in [1.165, 1.54) is 7.05 Å². The average molecular weight is 263 g/mol. The zero-order valence-corrected chi connectivity index (χ0v) is 11.2. The molecular formula is C12H17N5O2. The maximum absolute atomic E-state index is 12.0. The predicted octanol–water partition coefficient (Wildman–Crippen LogP) is 0.235. The van der Waals surface area contributed by atoms with E-state index in [0.29, 0.717) is 35.9 Å². The molecule has 0 saturated carbocycles. The van der Waals surface area contributed by atoms with Crippen LogP contribution in [0, 0.1) is 13.8 Å². The van der Waals surface area contributed by atoms with Crippen molar-refractivity contribution in [1.29, 1.82) is 0 Å². The van der Waals surface area contributed by atoms with Crippen molar-refractivity contribution in [2.45, 2.75) is 32.7 Å². The molecule has 2 rings (SSSR count). The highest BCUT2D eigenvalue weighted by Gasteiger charge is 2.32. The molecule has 1 aliphatic rings. The number of carbonyl (C=O) groups is 2. The summed E-state index contributed by atoms with van der Waals surface area (Å²) in [5, 5.41) is 3.06. The number of likely N-dealkylation sites (N-methyl/N-ethyl adjacent to an activating group) is 1. The Morgan fingerprint density at radius 2 is 2.00 bits per heavy atom. The molecule has 0 bridgehead atoms. The number of likely N-dealkylation sites (tertiary alicyclic amines) is 1. The number of aromatic nitrogens is 2. The molecule has 19 heavy (non-hydrogen) atoms. The number of aryl methyl sites for hydroxylation is 1. The van der Waals surface area contributed by atoms with Crippen LogP contribution in [0.5, 0.6) is 0 Å². The van der Waals surface area contributed by atoms with Crippen molar-refractivity contribution in [3.05, 3.63) is 11.4 Å². The number of carbonyl (C=O) groups excluding carboxylic acids is 2. The maximum atomic E-state index is 12.0. The molecule has 1 fully saturated rings. The molecule has 1 aromatic rings. The number of piperidine rings is 1. The number of anilines is 2. The SMILES string of the molecule is Cc1nc(N)c(C)c(NC2CCC(=O)N(C)C2=O)n1. The Labute approximate surface area is 111 Å². The fourth-order valence-electron chi connectivity index (χ4n) is 2.01. The molecule has 0 radical (unpaired) electrons. The summed E-state index contributed by atoms with van der Waals surface area (Å²) in [7, 11) is 1.49. The van der Waals surface area contributed by atoms with Crippen molar-refractivity contribution in [3.63, 3.8) is 0 Å². The number of nitrogen functional groups attached to an aromatic ring is 1. The van der Waals surface area contributed by atoms with Gasteiger partial charge < -0.3 is 11.1 Å². The van der Waals surface area contributed by atoms with E-state index in [9.17, 15) is 9.59 Å². The van der Waals surface area contributed by atoms with E-state index in [4.69, 9.17) is 5.73 Å².